The second kappa shape index (κ2) is 7.23. The van der Waals surface area contributed by atoms with Crippen LogP contribution in [-0.4, -0.2) is 44.1 Å². The van der Waals surface area contributed by atoms with Crippen LogP contribution in [0.3, 0.4) is 0 Å². The van der Waals surface area contributed by atoms with Crippen LogP contribution in [0.2, 0.25) is 0 Å². The molecule has 1 amide bonds. The Morgan fingerprint density at radius 3 is 3.00 bits per heavy atom. The number of halogens is 2. The summed E-state index contributed by atoms with van der Waals surface area (Å²) in [6.07, 6.45) is 2.37. The molecule has 1 aromatic carbocycles. The molecule has 1 aliphatic heterocycles. The zero-order valence-corrected chi connectivity index (χ0v) is 14.2. The number of nitrogens with one attached hydrogen (secondary N) is 2. The standard InChI is InChI=1S/C17H16F2N6O2/c18-12-2-1-11(7-13(12)19)25-5-3-14(24-25)17(26)20-8-15-21-16(23-22-15)10-4-6-27-9-10/h1-3,5,7,10H,4,6,8-9H2,(H,20,26)(H,21,22,23). The minimum Gasteiger partial charge on any atom is -0.381 e. The molecule has 10 heteroatoms. The Bertz CT molecular complexity index is 964. The maximum atomic E-state index is 13.3. The molecule has 140 valence electrons. The van der Waals surface area contributed by atoms with Crippen molar-refractivity contribution in [2.75, 3.05) is 13.2 Å². The molecule has 1 aliphatic rings. The summed E-state index contributed by atoms with van der Waals surface area (Å²) in [5.41, 5.74) is 0.454. The average molecular weight is 374 g/mol. The van der Waals surface area contributed by atoms with Crippen LogP contribution in [0.1, 0.15) is 34.5 Å². The molecule has 1 unspecified atom stereocenters. The van der Waals surface area contributed by atoms with Crippen LogP contribution in [0, 0.1) is 11.6 Å². The average Bonchev–Trinajstić information content (AvgIpc) is 3.42. The maximum Gasteiger partial charge on any atom is 0.272 e. The minimum atomic E-state index is -0.984. The molecule has 1 saturated heterocycles. The fraction of sp³-hybridized carbons (Fsp3) is 0.294. The van der Waals surface area contributed by atoms with Gasteiger partial charge in [0.05, 0.1) is 18.8 Å². The van der Waals surface area contributed by atoms with E-state index in [1.54, 1.807) is 0 Å². The lowest BCUT2D eigenvalue weighted by molar-refractivity contribution is 0.0944. The number of hydrogen-bond acceptors (Lipinski definition) is 5. The molecule has 8 nitrogen and oxygen atoms in total. The fourth-order valence-electron chi connectivity index (χ4n) is 2.78. The van der Waals surface area contributed by atoms with Crippen LogP contribution in [0.4, 0.5) is 8.78 Å². The first-order valence-electron chi connectivity index (χ1n) is 8.38. The van der Waals surface area contributed by atoms with Gasteiger partial charge < -0.3 is 10.1 Å². The third-order valence-corrected chi connectivity index (χ3v) is 4.25. The van der Waals surface area contributed by atoms with Gasteiger partial charge in [-0.15, -0.1) is 0 Å². The summed E-state index contributed by atoms with van der Waals surface area (Å²) >= 11 is 0. The third kappa shape index (κ3) is 3.70. The van der Waals surface area contributed by atoms with Gasteiger partial charge in [0.25, 0.3) is 5.91 Å². The number of aromatic amines is 1. The number of amides is 1. The Labute approximate surface area is 152 Å². The molecule has 3 heterocycles. The second-order valence-electron chi connectivity index (χ2n) is 6.13. The molecular formula is C17H16F2N6O2. The van der Waals surface area contributed by atoms with Gasteiger partial charge in [-0.2, -0.15) is 10.2 Å². The third-order valence-electron chi connectivity index (χ3n) is 4.25. The second-order valence-corrected chi connectivity index (χ2v) is 6.13. The number of aromatic nitrogens is 5. The van der Waals surface area contributed by atoms with E-state index in [9.17, 15) is 13.6 Å². The van der Waals surface area contributed by atoms with Crippen LogP contribution in [0.5, 0.6) is 0 Å². The zero-order chi connectivity index (χ0) is 18.8. The molecule has 3 aromatic rings. The van der Waals surface area contributed by atoms with Crippen molar-refractivity contribution in [2.45, 2.75) is 18.9 Å². The van der Waals surface area contributed by atoms with E-state index in [-0.39, 0.29) is 18.2 Å². The highest BCUT2D eigenvalue weighted by molar-refractivity contribution is 5.92. The van der Waals surface area contributed by atoms with Crippen molar-refractivity contribution in [1.29, 1.82) is 0 Å². The van der Waals surface area contributed by atoms with Crippen molar-refractivity contribution in [3.63, 3.8) is 0 Å². The van der Waals surface area contributed by atoms with Gasteiger partial charge in [0.1, 0.15) is 5.82 Å². The van der Waals surface area contributed by atoms with Gasteiger partial charge >= 0.3 is 0 Å². The van der Waals surface area contributed by atoms with Crippen LogP contribution >= 0.6 is 0 Å². The Morgan fingerprint density at radius 2 is 2.22 bits per heavy atom. The summed E-state index contributed by atoms with van der Waals surface area (Å²) in [5, 5.41) is 13.7. The van der Waals surface area contributed by atoms with Crippen LogP contribution < -0.4 is 5.32 Å². The first-order valence-corrected chi connectivity index (χ1v) is 8.38. The number of nitrogens with zero attached hydrogens (tertiary/aromatic N) is 4. The van der Waals surface area contributed by atoms with Crippen molar-refractivity contribution < 1.29 is 18.3 Å². The van der Waals surface area contributed by atoms with Gasteiger partial charge in [-0.25, -0.2) is 18.4 Å². The molecule has 1 fully saturated rings. The number of carbonyl (C=O) groups excluding carboxylic acids is 1. The molecule has 0 bridgehead atoms. The van der Waals surface area contributed by atoms with Crippen molar-refractivity contribution in [3.05, 3.63) is 59.4 Å². The van der Waals surface area contributed by atoms with Crippen molar-refractivity contribution in [3.8, 4) is 5.69 Å². The molecule has 1 atom stereocenters. The molecule has 0 aliphatic carbocycles. The minimum absolute atomic E-state index is 0.142. The lowest BCUT2D eigenvalue weighted by atomic mass is 10.1. The maximum absolute atomic E-state index is 13.3. The van der Waals surface area contributed by atoms with Crippen LogP contribution in [-0.2, 0) is 11.3 Å². The highest BCUT2D eigenvalue weighted by Crippen LogP contribution is 2.21. The molecule has 2 N–H and O–H groups in total. The van der Waals surface area contributed by atoms with Gasteiger partial charge in [0.15, 0.2) is 23.2 Å². The Kier molecular flexibility index (Phi) is 4.63. The highest BCUT2D eigenvalue weighted by atomic mass is 19.2. The number of H-pyrrole nitrogens is 1. The molecule has 2 aromatic heterocycles. The quantitative estimate of drug-likeness (QED) is 0.708. The van der Waals surface area contributed by atoms with E-state index in [0.717, 1.165) is 18.6 Å². The summed E-state index contributed by atoms with van der Waals surface area (Å²) in [6.45, 7) is 1.47. The van der Waals surface area contributed by atoms with Gasteiger partial charge in [-0.3, -0.25) is 9.89 Å². The number of benzene rings is 1. The van der Waals surface area contributed by atoms with Gasteiger partial charge in [0.2, 0.25) is 0 Å². The highest BCUT2D eigenvalue weighted by Gasteiger charge is 2.22. The predicted molar refractivity (Wildman–Crippen MR) is 89.2 cm³/mol. The smallest absolute Gasteiger partial charge is 0.272 e. The van der Waals surface area contributed by atoms with E-state index in [2.05, 4.69) is 25.6 Å². The predicted octanol–water partition coefficient (Wildman–Crippen LogP) is 1.70. The Balaban J connectivity index is 1.39. The normalized spacial score (nSPS) is 16.6. The molecule has 4 rings (SSSR count). The van der Waals surface area contributed by atoms with E-state index >= 15 is 0 Å². The largest absolute Gasteiger partial charge is 0.381 e. The summed E-state index contributed by atoms with van der Waals surface area (Å²) in [7, 11) is 0. The molecule has 27 heavy (non-hydrogen) atoms. The van der Waals surface area contributed by atoms with Crippen molar-refractivity contribution in [1.82, 2.24) is 30.3 Å². The van der Waals surface area contributed by atoms with E-state index < -0.39 is 17.5 Å². The zero-order valence-electron chi connectivity index (χ0n) is 14.2. The monoisotopic (exact) mass is 374 g/mol. The lowest BCUT2D eigenvalue weighted by Gasteiger charge is -2.02. The van der Waals surface area contributed by atoms with Crippen molar-refractivity contribution in [2.24, 2.45) is 0 Å². The fourth-order valence-corrected chi connectivity index (χ4v) is 2.78. The Hall–Kier alpha value is -3.14. The first kappa shape index (κ1) is 17.3. The van der Waals surface area contributed by atoms with Gasteiger partial charge in [0, 0.05) is 24.8 Å². The van der Waals surface area contributed by atoms with Gasteiger partial charge in [-0.05, 0) is 24.6 Å². The first-order chi connectivity index (χ1) is 13.1. The Morgan fingerprint density at radius 1 is 1.33 bits per heavy atom. The SMILES string of the molecule is O=C(NCc1nc(C2CCOC2)n[nH]1)c1ccn(-c2ccc(F)c(F)c2)n1. The molecular weight excluding hydrogens is 358 g/mol. The van der Waals surface area contributed by atoms with E-state index in [0.29, 0.717) is 30.5 Å². The number of rotatable bonds is 5. The lowest BCUT2D eigenvalue weighted by Crippen LogP contribution is -2.24. The summed E-state index contributed by atoms with van der Waals surface area (Å²) in [4.78, 5) is 16.6. The molecule has 0 spiro atoms. The van der Waals surface area contributed by atoms with E-state index in [4.69, 9.17) is 4.74 Å². The summed E-state index contributed by atoms with van der Waals surface area (Å²) in [6, 6.07) is 4.87. The number of ether oxygens (including phenoxy) is 1. The van der Waals surface area contributed by atoms with Crippen molar-refractivity contribution >= 4 is 5.91 Å². The topological polar surface area (TPSA) is 97.7 Å². The molecule has 0 radical (unpaired) electrons. The van der Waals surface area contributed by atoms with E-state index in [1.165, 1.54) is 23.0 Å². The van der Waals surface area contributed by atoms with Gasteiger partial charge in [-0.1, -0.05) is 0 Å². The van der Waals surface area contributed by atoms with Crippen LogP contribution in [0.25, 0.3) is 5.69 Å². The number of carbonyl (C=O) groups is 1. The number of hydrogen-bond donors (Lipinski definition) is 2. The summed E-state index contributed by atoms with van der Waals surface area (Å²) < 4.78 is 33.0. The molecule has 0 saturated carbocycles. The van der Waals surface area contributed by atoms with Crippen LogP contribution in [0.15, 0.2) is 30.5 Å². The van der Waals surface area contributed by atoms with E-state index in [1.807, 2.05) is 0 Å². The summed E-state index contributed by atoms with van der Waals surface area (Å²) in [5.74, 6) is -0.956.